The van der Waals surface area contributed by atoms with Crippen molar-refractivity contribution in [2.75, 3.05) is 26.3 Å². The molecular formula is C18H26N4O5. The van der Waals surface area contributed by atoms with Crippen molar-refractivity contribution in [1.82, 2.24) is 15.0 Å². The minimum Gasteiger partial charge on any atom is -0.389 e. The predicted octanol–water partition coefficient (Wildman–Crippen LogP) is 2.30. The Hall–Kier alpha value is -2.36. The smallest absolute Gasteiger partial charge is 0.269 e. The minimum absolute atomic E-state index is 0.0145. The molecule has 0 aliphatic heterocycles. The number of nitrogens with zero attached hydrogens (tertiary/aromatic N) is 4. The first-order valence-electron chi connectivity index (χ1n) is 8.98. The molecule has 148 valence electrons. The zero-order valence-corrected chi connectivity index (χ0v) is 15.9. The van der Waals surface area contributed by atoms with Gasteiger partial charge in [0.05, 0.1) is 17.6 Å². The van der Waals surface area contributed by atoms with E-state index in [9.17, 15) is 15.2 Å². The van der Waals surface area contributed by atoms with E-state index in [0.29, 0.717) is 50.0 Å². The second-order valence-corrected chi connectivity index (χ2v) is 6.47. The highest BCUT2D eigenvalue weighted by atomic mass is 16.6. The van der Waals surface area contributed by atoms with Crippen molar-refractivity contribution >= 4 is 5.69 Å². The summed E-state index contributed by atoms with van der Waals surface area (Å²) in [6.07, 6.45) is -0.00909. The molecule has 1 heterocycles. The molecule has 2 aromatic rings. The Morgan fingerprint density at radius 1 is 1.33 bits per heavy atom. The number of aliphatic hydroxyl groups excluding tert-OH is 1. The maximum atomic E-state index is 10.7. The highest BCUT2D eigenvalue weighted by Crippen LogP contribution is 2.20. The van der Waals surface area contributed by atoms with Crippen molar-refractivity contribution in [3.63, 3.8) is 0 Å². The van der Waals surface area contributed by atoms with Gasteiger partial charge in [-0.2, -0.15) is 4.98 Å². The van der Waals surface area contributed by atoms with Crippen molar-refractivity contribution in [3.8, 4) is 11.4 Å². The van der Waals surface area contributed by atoms with E-state index in [2.05, 4.69) is 28.9 Å². The molecule has 0 spiro atoms. The molecule has 0 amide bonds. The van der Waals surface area contributed by atoms with Crippen LogP contribution in [0.25, 0.3) is 11.4 Å². The van der Waals surface area contributed by atoms with Crippen LogP contribution in [0.3, 0.4) is 0 Å². The average Bonchev–Trinajstić information content (AvgIpc) is 3.12. The number of aromatic nitrogens is 2. The van der Waals surface area contributed by atoms with Gasteiger partial charge in [-0.25, -0.2) is 0 Å². The Balaban J connectivity index is 1.94. The van der Waals surface area contributed by atoms with Gasteiger partial charge in [0.25, 0.3) is 5.69 Å². The van der Waals surface area contributed by atoms with Crippen LogP contribution in [0, 0.1) is 10.1 Å². The summed E-state index contributed by atoms with van der Waals surface area (Å²) in [5.74, 6) is 0.876. The molecule has 0 saturated carbocycles. The molecule has 2 rings (SSSR count). The largest absolute Gasteiger partial charge is 0.389 e. The van der Waals surface area contributed by atoms with E-state index in [1.54, 1.807) is 12.1 Å². The Morgan fingerprint density at radius 2 is 2.04 bits per heavy atom. The quantitative estimate of drug-likeness (QED) is 0.468. The lowest BCUT2D eigenvalue weighted by molar-refractivity contribution is -0.384. The fraction of sp³-hybridized carbons (Fsp3) is 0.556. The lowest BCUT2D eigenvalue weighted by atomic mass is 10.2. The van der Waals surface area contributed by atoms with Crippen molar-refractivity contribution in [2.45, 2.75) is 39.3 Å². The Kier molecular flexibility index (Phi) is 7.83. The number of nitro groups is 1. The van der Waals surface area contributed by atoms with E-state index in [1.165, 1.54) is 12.1 Å². The molecule has 9 heteroatoms. The summed E-state index contributed by atoms with van der Waals surface area (Å²) in [4.78, 5) is 16.7. The number of hydrogen-bond donors (Lipinski definition) is 1. The number of aliphatic hydroxyl groups is 1. The number of rotatable bonds is 11. The van der Waals surface area contributed by atoms with Crippen LogP contribution < -0.4 is 0 Å². The predicted molar refractivity (Wildman–Crippen MR) is 99.3 cm³/mol. The molecule has 0 unspecified atom stereocenters. The third-order valence-corrected chi connectivity index (χ3v) is 4.11. The number of nitro benzene ring substituents is 1. The van der Waals surface area contributed by atoms with Gasteiger partial charge in [-0.15, -0.1) is 0 Å². The third kappa shape index (κ3) is 6.38. The van der Waals surface area contributed by atoms with Crippen LogP contribution in [0.4, 0.5) is 5.69 Å². The normalized spacial score (nSPS) is 12.7. The van der Waals surface area contributed by atoms with Gasteiger partial charge in [-0.1, -0.05) is 5.16 Å². The van der Waals surface area contributed by atoms with Gasteiger partial charge in [0.1, 0.15) is 0 Å². The van der Waals surface area contributed by atoms with Crippen LogP contribution in [-0.4, -0.2) is 63.5 Å². The molecule has 27 heavy (non-hydrogen) atoms. The van der Waals surface area contributed by atoms with Gasteiger partial charge in [-0.05, 0) is 32.9 Å². The molecule has 1 atom stereocenters. The van der Waals surface area contributed by atoms with Crippen LogP contribution >= 0.6 is 0 Å². The van der Waals surface area contributed by atoms with Crippen LogP contribution in [0.15, 0.2) is 28.8 Å². The van der Waals surface area contributed by atoms with Gasteiger partial charge in [0, 0.05) is 49.9 Å². The molecule has 1 aromatic carbocycles. The summed E-state index contributed by atoms with van der Waals surface area (Å²) in [6, 6.07) is 6.25. The zero-order valence-electron chi connectivity index (χ0n) is 15.9. The maximum absolute atomic E-state index is 10.7. The molecule has 0 bridgehead atoms. The average molecular weight is 378 g/mol. The van der Waals surface area contributed by atoms with E-state index in [4.69, 9.17) is 9.26 Å². The Bertz CT molecular complexity index is 717. The molecule has 1 N–H and O–H groups in total. The highest BCUT2D eigenvalue weighted by molar-refractivity contribution is 5.56. The summed E-state index contributed by atoms with van der Waals surface area (Å²) in [6.45, 7) is 8.05. The molecule has 0 radical (unpaired) electrons. The maximum Gasteiger partial charge on any atom is 0.269 e. The Labute approximate surface area is 158 Å². The summed E-state index contributed by atoms with van der Waals surface area (Å²) < 4.78 is 10.5. The Morgan fingerprint density at radius 3 is 2.63 bits per heavy atom. The van der Waals surface area contributed by atoms with Crippen LogP contribution in [-0.2, 0) is 11.2 Å². The minimum atomic E-state index is -0.550. The lowest BCUT2D eigenvalue weighted by Gasteiger charge is -2.28. The van der Waals surface area contributed by atoms with Gasteiger partial charge < -0.3 is 14.4 Å². The summed E-state index contributed by atoms with van der Waals surface area (Å²) >= 11 is 0. The van der Waals surface area contributed by atoms with Gasteiger partial charge >= 0.3 is 0 Å². The van der Waals surface area contributed by atoms with Crippen molar-refractivity contribution < 1.29 is 19.3 Å². The second-order valence-electron chi connectivity index (χ2n) is 6.47. The van der Waals surface area contributed by atoms with Crippen molar-refractivity contribution in [3.05, 3.63) is 40.3 Å². The monoisotopic (exact) mass is 378 g/mol. The molecule has 9 nitrogen and oxygen atoms in total. The number of benzene rings is 1. The molecule has 0 aliphatic rings. The third-order valence-electron chi connectivity index (χ3n) is 4.11. The summed E-state index contributed by atoms with van der Waals surface area (Å²) in [7, 11) is 0. The number of hydrogen-bond acceptors (Lipinski definition) is 8. The first-order valence-corrected chi connectivity index (χ1v) is 8.98. The van der Waals surface area contributed by atoms with Gasteiger partial charge in [0.2, 0.25) is 11.7 Å². The zero-order chi connectivity index (χ0) is 19.8. The van der Waals surface area contributed by atoms with E-state index in [1.807, 2.05) is 6.92 Å². The van der Waals surface area contributed by atoms with E-state index in [-0.39, 0.29) is 11.7 Å². The van der Waals surface area contributed by atoms with Crippen LogP contribution in [0.2, 0.25) is 0 Å². The first-order chi connectivity index (χ1) is 12.9. The molecular weight excluding hydrogens is 352 g/mol. The number of ether oxygens (including phenoxy) is 1. The topological polar surface area (TPSA) is 115 Å². The van der Waals surface area contributed by atoms with E-state index < -0.39 is 11.0 Å². The fourth-order valence-corrected chi connectivity index (χ4v) is 2.58. The SMILES string of the molecule is CCOC[C@@H](O)CN(CCc1nc(-c2ccc([N+](=O)[O-])cc2)no1)C(C)C. The van der Waals surface area contributed by atoms with Gasteiger partial charge in [0.15, 0.2) is 0 Å². The molecule has 0 aliphatic carbocycles. The fourth-order valence-electron chi connectivity index (χ4n) is 2.58. The standard InChI is InChI=1S/C18H26N4O5/c1-4-26-12-16(23)11-21(13(2)3)10-9-17-19-18(20-27-17)14-5-7-15(8-6-14)22(24)25/h5-8,13,16,23H,4,9-12H2,1-3H3/t16-/m0/s1. The summed E-state index contributed by atoms with van der Waals surface area (Å²) in [5.41, 5.74) is 0.670. The second kappa shape index (κ2) is 10.1. The number of non-ortho nitro benzene ring substituents is 1. The van der Waals surface area contributed by atoms with Crippen LogP contribution in [0.1, 0.15) is 26.7 Å². The van der Waals surface area contributed by atoms with Crippen molar-refractivity contribution in [1.29, 1.82) is 0 Å². The first kappa shape index (κ1) is 20.9. The van der Waals surface area contributed by atoms with Crippen LogP contribution in [0.5, 0.6) is 0 Å². The van der Waals surface area contributed by atoms with Gasteiger partial charge in [-0.3, -0.25) is 15.0 Å². The van der Waals surface area contributed by atoms with Crippen molar-refractivity contribution in [2.24, 2.45) is 0 Å². The van der Waals surface area contributed by atoms with E-state index in [0.717, 1.165) is 0 Å². The van der Waals surface area contributed by atoms with E-state index >= 15 is 0 Å². The molecule has 1 aromatic heterocycles. The lowest BCUT2D eigenvalue weighted by Crippen LogP contribution is -2.40. The molecule has 0 saturated heterocycles. The summed E-state index contributed by atoms with van der Waals surface area (Å²) in [5, 5.41) is 24.7. The molecule has 0 fully saturated rings. The highest BCUT2D eigenvalue weighted by Gasteiger charge is 2.17.